The number of nitrogens with zero attached hydrogens (tertiary/aromatic N) is 1. The van der Waals surface area contributed by atoms with Crippen molar-refractivity contribution in [3.8, 4) is 0 Å². The van der Waals surface area contributed by atoms with Gasteiger partial charge in [-0.1, -0.05) is 11.6 Å². The molecule has 94 valence electrons. The standard InChI is InChI=1S/C12H17ClN2O2/c13-12-2-1-10(14)5-9(12)6-15-3-4-17-8-11(15)7-16/h1-2,5,11,16H,3-4,6-8,14H2. The topological polar surface area (TPSA) is 58.7 Å². The highest BCUT2D eigenvalue weighted by atomic mass is 35.5. The van der Waals surface area contributed by atoms with Gasteiger partial charge in [-0.2, -0.15) is 0 Å². The zero-order chi connectivity index (χ0) is 12.3. The molecule has 3 N–H and O–H groups in total. The Morgan fingerprint density at radius 2 is 2.35 bits per heavy atom. The maximum atomic E-state index is 9.28. The van der Waals surface area contributed by atoms with Crippen LogP contribution in [0.25, 0.3) is 0 Å². The molecule has 0 bridgehead atoms. The summed E-state index contributed by atoms with van der Waals surface area (Å²) in [5, 5.41) is 9.99. The molecule has 0 saturated carbocycles. The van der Waals surface area contributed by atoms with Crippen LogP contribution in [-0.2, 0) is 11.3 Å². The first kappa shape index (κ1) is 12.6. The summed E-state index contributed by atoms with van der Waals surface area (Å²) in [5.41, 5.74) is 7.45. The van der Waals surface area contributed by atoms with Crippen molar-refractivity contribution in [2.45, 2.75) is 12.6 Å². The smallest absolute Gasteiger partial charge is 0.0644 e. The minimum atomic E-state index is 0.0428. The third kappa shape index (κ3) is 3.10. The minimum Gasteiger partial charge on any atom is -0.399 e. The summed E-state index contributed by atoms with van der Waals surface area (Å²) in [6, 6.07) is 5.52. The molecule has 1 heterocycles. The molecule has 0 aliphatic carbocycles. The molecule has 0 radical (unpaired) electrons. The average Bonchev–Trinajstić information content (AvgIpc) is 2.34. The van der Waals surface area contributed by atoms with E-state index in [0.29, 0.717) is 30.5 Å². The fraction of sp³-hybridized carbons (Fsp3) is 0.500. The van der Waals surface area contributed by atoms with Crippen LogP contribution in [0.15, 0.2) is 18.2 Å². The van der Waals surface area contributed by atoms with Gasteiger partial charge >= 0.3 is 0 Å². The molecule has 1 aromatic rings. The van der Waals surface area contributed by atoms with Crippen LogP contribution >= 0.6 is 11.6 Å². The Kier molecular flexibility index (Phi) is 4.23. The zero-order valence-corrected chi connectivity index (χ0v) is 10.4. The lowest BCUT2D eigenvalue weighted by atomic mass is 10.1. The van der Waals surface area contributed by atoms with Gasteiger partial charge in [-0.15, -0.1) is 0 Å². The van der Waals surface area contributed by atoms with E-state index in [1.807, 2.05) is 6.07 Å². The van der Waals surface area contributed by atoms with Crippen LogP contribution < -0.4 is 5.73 Å². The molecule has 1 atom stereocenters. The van der Waals surface area contributed by atoms with E-state index in [1.165, 1.54) is 0 Å². The van der Waals surface area contributed by atoms with E-state index in [1.54, 1.807) is 12.1 Å². The van der Waals surface area contributed by atoms with E-state index in [9.17, 15) is 5.11 Å². The van der Waals surface area contributed by atoms with Gasteiger partial charge in [-0.05, 0) is 23.8 Å². The fourth-order valence-corrected chi connectivity index (χ4v) is 2.18. The number of halogens is 1. The van der Waals surface area contributed by atoms with Gasteiger partial charge in [0.2, 0.25) is 0 Å². The van der Waals surface area contributed by atoms with Crippen molar-refractivity contribution in [3.05, 3.63) is 28.8 Å². The van der Waals surface area contributed by atoms with E-state index in [2.05, 4.69) is 4.90 Å². The number of rotatable bonds is 3. The molecule has 1 aromatic carbocycles. The van der Waals surface area contributed by atoms with Crippen molar-refractivity contribution >= 4 is 17.3 Å². The summed E-state index contributed by atoms with van der Waals surface area (Å²) >= 11 is 6.13. The van der Waals surface area contributed by atoms with E-state index < -0.39 is 0 Å². The Labute approximate surface area is 106 Å². The van der Waals surface area contributed by atoms with Crippen LogP contribution in [0.5, 0.6) is 0 Å². The molecule has 0 spiro atoms. The largest absolute Gasteiger partial charge is 0.399 e. The second-order valence-electron chi connectivity index (χ2n) is 4.23. The summed E-state index contributed by atoms with van der Waals surface area (Å²) in [6.07, 6.45) is 0. The molecule has 2 rings (SSSR count). The quantitative estimate of drug-likeness (QED) is 0.796. The molecule has 5 heteroatoms. The predicted molar refractivity (Wildman–Crippen MR) is 68.0 cm³/mol. The van der Waals surface area contributed by atoms with E-state index in [4.69, 9.17) is 22.1 Å². The molecule has 1 aliphatic rings. The zero-order valence-electron chi connectivity index (χ0n) is 9.60. The molecule has 4 nitrogen and oxygen atoms in total. The molecule has 1 fully saturated rings. The van der Waals surface area contributed by atoms with Crippen molar-refractivity contribution in [1.29, 1.82) is 0 Å². The second kappa shape index (κ2) is 5.69. The van der Waals surface area contributed by atoms with E-state index in [-0.39, 0.29) is 12.6 Å². The van der Waals surface area contributed by atoms with E-state index in [0.717, 1.165) is 12.1 Å². The van der Waals surface area contributed by atoms with Gasteiger partial charge in [-0.25, -0.2) is 0 Å². The Morgan fingerprint density at radius 3 is 3.12 bits per heavy atom. The van der Waals surface area contributed by atoms with Crippen molar-refractivity contribution < 1.29 is 9.84 Å². The van der Waals surface area contributed by atoms with Gasteiger partial charge in [-0.3, -0.25) is 4.90 Å². The lowest BCUT2D eigenvalue weighted by molar-refractivity contribution is -0.0312. The normalized spacial score (nSPS) is 21.6. The van der Waals surface area contributed by atoms with Gasteiger partial charge in [0, 0.05) is 23.8 Å². The highest BCUT2D eigenvalue weighted by Gasteiger charge is 2.22. The molecular formula is C12H17ClN2O2. The highest BCUT2D eigenvalue weighted by Crippen LogP contribution is 2.22. The number of ether oxygens (including phenoxy) is 1. The molecule has 1 aliphatic heterocycles. The third-order valence-electron chi connectivity index (χ3n) is 3.00. The molecular weight excluding hydrogens is 240 g/mol. The summed E-state index contributed by atoms with van der Waals surface area (Å²) in [4.78, 5) is 2.17. The average molecular weight is 257 g/mol. The number of hydrogen-bond donors (Lipinski definition) is 2. The molecule has 0 aromatic heterocycles. The number of aliphatic hydroxyl groups is 1. The van der Waals surface area contributed by atoms with Crippen molar-refractivity contribution in [3.63, 3.8) is 0 Å². The van der Waals surface area contributed by atoms with Crippen LogP contribution in [0.4, 0.5) is 5.69 Å². The lowest BCUT2D eigenvalue weighted by Crippen LogP contribution is -2.46. The maximum Gasteiger partial charge on any atom is 0.0644 e. The monoisotopic (exact) mass is 256 g/mol. The Morgan fingerprint density at radius 1 is 1.53 bits per heavy atom. The lowest BCUT2D eigenvalue weighted by Gasteiger charge is -2.34. The number of aliphatic hydroxyl groups excluding tert-OH is 1. The Hall–Kier alpha value is -0.810. The van der Waals surface area contributed by atoms with Gasteiger partial charge < -0.3 is 15.6 Å². The summed E-state index contributed by atoms with van der Waals surface area (Å²) in [5.74, 6) is 0. The Balaban J connectivity index is 2.10. The third-order valence-corrected chi connectivity index (χ3v) is 3.37. The summed E-state index contributed by atoms with van der Waals surface area (Å²) in [6.45, 7) is 2.85. The van der Waals surface area contributed by atoms with Gasteiger partial charge in [0.1, 0.15) is 0 Å². The molecule has 17 heavy (non-hydrogen) atoms. The Bertz CT molecular complexity index is 387. The predicted octanol–water partition coefficient (Wildman–Crippen LogP) is 1.12. The van der Waals surface area contributed by atoms with Crippen molar-refractivity contribution in [1.82, 2.24) is 4.90 Å². The van der Waals surface area contributed by atoms with Crippen molar-refractivity contribution in [2.75, 3.05) is 32.1 Å². The maximum absolute atomic E-state index is 9.28. The van der Waals surface area contributed by atoms with Gasteiger partial charge in [0.05, 0.1) is 25.9 Å². The fourth-order valence-electron chi connectivity index (χ4n) is 2.00. The van der Waals surface area contributed by atoms with Crippen LogP contribution in [0, 0.1) is 0 Å². The SMILES string of the molecule is Nc1ccc(Cl)c(CN2CCOCC2CO)c1. The number of morpholine rings is 1. The van der Waals surface area contributed by atoms with Gasteiger partial charge in [0.15, 0.2) is 0 Å². The molecule has 0 amide bonds. The van der Waals surface area contributed by atoms with Crippen LogP contribution in [-0.4, -0.2) is 42.4 Å². The van der Waals surface area contributed by atoms with Crippen LogP contribution in [0.2, 0.25) is 5.02 Å². The van der Waals surface area contributed by atoms with Gasteiger partial charge in [0.25, 0.3) is 0 Å². The first-order chi connectivity index (χ1) is 8.20. The number of nitrogen functional groups attached to an aromatic ring is 1. The highest BCUT2D eigenvalue weighted by molar-refractivity contribution is 6.31. The summed E-state index contributed by atoms with van der Waals surface area (Å²) < 4.78 is 5.34. The second-order valence-corrected chi connectivity index (χ2v) is 4.64. The summed E-state index contributed by atoms with van der Waals surface area (Å²) in [7, 11) is 0. The van der Waals surface area contributed by atoms with E-state index >= 15 is 0 Å². The first-order valence-corrected chi connectivity index (χ1v) is 6.05. The van der Waals surface area contributed by atoms with Crippen molar-refractivity contribution in [2.24, 2.45) is 0 Å². The number of benzene rings is 1. The van der Waals surface area contributed by atoms with Crippen LogP contribution in [0.3, 0.4) is 0 Å². The van der Waals surface area contributed by atoms with Crippen LogP contribution in [0.1, 0.15) is 5.56 Å². The number of hydrogen-bond acceptors (Lipinski definition) is 4. The molecule has 1 saturated heterocycles. The number of nitrogens with two attached hydrogens (primary N) is 1. The number of anilines is 1. The first-order valence-electron chi connectivity index (χ1n) is 5.67. The molecule has 1 unspecified atom stereocenters. The minimum absolute atomic E-state index is 0.0428.